The Labute approximate surface area is 339 Å². The first-order valence-electron chi connectivity index (χ1n) is 19.0. The van der Waals surface area contributed by atoms with Gasteiger partial charge in [-0.25, -0.2) is 23.7 Å². The van der Waals surface area contributed by atoms with Gasteiger partial charge in [0, 0.05) is 44.5 Å². The lowest BCUT2D eigenvalue weighted by atomic mass is 9.96. The topological polar surface area (TPSA) is 162 Å². The first-order valence-corrected chi connectivity index (χ1v) is 19.4. The Bertz CT molecular complexity index is 2410. The van der Waals surface area contributed by atoms with E-state index in [0.717, 1.165) is 22.3 Å². The molecule has 19 heteroatoms. The molecule has 0 saturated carbocycles. The number of halogens is 6. The smallest absolute Gasteiger partial charge is 0.437 e. The van der Waals surface area contributed by atoms with E-state index in [9.17, 15) is 37.0 Å². The van der Waals surface area contributed by atoms with Gasteiger partial charge < -0.3 is 25.6 Å². The van der Waals surface area contributed by atoms with Crippen LogP contribution in [0.25, 0.3) is 22.2 Å². The van der Waals surface area contributed by atoms with Crippen LogP contribution in [0.15, 0.2) is 48.7 Å². The third kappa shape index (κ3) is 8.44. The van der Waals surface area contributed by atoms with Gasteiger partial charge in [0.1, 0.15) is 11.2 Å². The van der Waals surface area contributed by atoms with Gasteiger partial charge in [-0.05, 0) is 66.6 Å². The number of β-amino-alcohol motifs (C(OH)–C–C–N with tert-alkyl or cyclic N) is 1. The van der Waals surface area contributed by atoms with Crippen LogP contribution in [-0.2, 0) is 30.5 Å². The molecular weight excluding hydrogens is 801 g/mol. The summed E-state index contributed by atoms with van der Waals surface area (Å²) in [5, 5.41) is 25.6. The molecule has 3 aliphatic rings. The monoisotopic (exact) mass is 839 g/mol. The Morgan fingerprint density at radius 3 is 2.46 bits per heavy atom. The third-order valence-electron chi connectivity index (χ3n) is 11.0. The number of hydrogen-bond donors (Lipinski definition) is 4. The maximum absolute atomic E-state index is 14.5. The van der Waals surface area contributed by atoms with Crippen LogP contribution in [0, 0.1) is 5.92 Å². The number of aliphatic hydroxyl groups is 1. The quantitative estimate of drug-likeness (QED) is 0.0920. The number of fused-ring (bicyclic) bond motifs is 2. The van der Waals surface area contributed by atoms with Crippen LogP contribution in [0.5, 0.6) is 5.88 Å². The summed E-state index contributed by atoms with van der Waals surface area (Å²) in [6.45, 7) is 2.17. The van der Waals surface area contributed by atoms with Crippen LogP contribution in [0.4, 0.5) is 39.3 Å². The number of benzene rings is 2. The molecule has 0 radical (unpaired) electrons. The Morgan fingerprint density at radius 2 is 1.75 bits per heavy atom. The van der Waals surface area contributed by atoms with Crippen molar-refractivity contribution in [2.24, 2.45) is 5.92 Å². The minimum absolute atomic E-state index is 0.0305. The molecule has 5 heterocycles. The van der Waals surface area contributed by atoms with E-state index in [1.807, 2.05) is 17.0 Å². The Balaban J connectivity index is 1.07. The van der Waals surface area contributed by atoms with E-state index >= 15 is 0 Å². The average Bonchev–Trinajstić information content (AvgIpc) is 3.95. The zero-order valence-corrected chi connectivity index (χ0v) is 32.4. The van der Waals surface area contributed by atoms with Gasteiger partial charge in [-0.3, -0.25) is 19.6 Å². The maximum atomic E-state index is 14.5. The molecule has 0 amide bonds. The molecule has 2 aliphatic heterocycles. The fraction of sp³-hybridized carbons (Fsp3) is 0.400. The number of ether oxygens (including phenoxy) is 1. The van der Waals surface area contributed by atoms with Crippen LogP contribution in [0.2, 0.25) is 5.02 Å². The number of carboxylic acid groups (broad SMARTS) is 1. The summed E-state index contributed by atoms with van der Waals surface area (Å²) in [6, 6.07) is 11.8. The van der Waals surface area contributed by atoms with Crippen LogP contribution in [0.3, 0.4) is 0 Å². The molecule has 0 bridgehead atoms. The molecule has 13 nitrogen and oxygen atoms in total. The van der Waals surface area contributed by atoms with Gasteiger partial charge in [-0.1, -0.05) is 41.9 Å². The standard InChI is InChI=1S/C40H39ClF5N9O4/c1-59-38-30(19-55-12-10-21(17-55)39(57)58)48-33(40(44,45)46)36(53-38)49-27-9-8-24-23(4-2-5-25(24)27)26-6-3-7-28(31(26)41)50-35-32-29(51-37(52-35)34(42)43)14-20(15-47-32)16-54-13-11-22(56)18-54/h2-7,14-15,21-22,27,34,56H,8-13,16-19H2,1H3,(H,49,53)(H,57,58)(H,50,51,52)/t21-,22-,27+/m1/s1. The van der Waals surface area contributed by atoms with Gasteiger partial charge in [-0.15, -0.1) is 0 Å². The summed E-state index contributed by atoms with van der Waals surface area (Å²) >= 11 is 7.04. The van der Waals surface area contributed by atoms with Crippen molar-refractivity contribution in [3.63, 3.8) is 0 Å². The number of likely N-dealkylation sites (tertiary alicyclic amines) is 2. The highest BCUT2D eigenvalue weighted by molar-refractivity contribution is 6.36. The van der Waals surface area contributed by atoms with Crippen molar-refractivity contribution >= 4 is 45.9 Å². The number of methoxy groups -OCH3 is 1. The van der Waals surface area contributed by atoms with Gasteiger partial charge in [0.15, 0.2) is 23.2 Å². The third-order valence-corrected chi connectivity index (χ3v) is 11.4. The van der Waals surface area contributed by atoms with Crippen molar-refractivity contribution in [1.29, 1.82) is 0 Å². The number of nitrogens with one attached hydrogen (secondary N) is 2. The lowest BCUT2D eigenvalue weighted by molar-refractivity contribution is -0.141. The van der Waals surface area contributed by atoms with E-state index < -0.39 is 54.0 Å². The summed E-state index contributed by atoms with van der Waals surface area (Å²) in [5.41, 5.74) is 3.23. The molecular formula is C40H39ClF5N9O4. The molecule has 2 aromatic carbocycles. The van der Waals surface area contributed by atoms with Crippen LogP contribution >= 0.6 is 11.6 Å². The highest BCUT2D eigenvalue weighted by atomic mass is 35.5. The van der Waals surface area contributed by atoms with Gasteiger partial charge in [0.05, 0.1) is 41.4 Å². The molecule has 5 aromatic rings. The van der Waals surface area contributed by atoms with Crippen LogP contribution in [-0.4, -0.2) is 90.3 Å². The van der Waals surface area contributed by atoms with Crippen molar-refractivity contribution in [1.82, 2.24) is 34.7 Å². The zero-order chi connectivity index (χ0) is 41.6. The second kappa shape index (κ2) is 16.4. The largest absolute Gasteiger partial charge is 0.481 e. The van der Waals surface area contributed by atoms with E-state index in [1.165, 1.54) is 7.11 Å². The lowest BCUT2D eigenvalue weighted by Crippen LogP contribution is -2.25. The molecule has 310 valence electrons. The first kappa shape index (κ1) is 40.5. The average molecular weight is 840 g/mol. The highest BCUT2D eigenvalue weighted by Crippen LogP contribution is 2.45. The minimum atomic E-state index is -4.86. The van der Waals surface area contributed by atoms with Gasteiger partial charge in [0.2, 0.25) is 5.88 Å². The molecule has 2 saturated heterocycles. The number of pyridine rings is 1. The van der Waals surface area contributed by atoms with Crippen molar-refractivity contribution in [2.45, 2.75) is 63.5 Å². The van der Waals surface area contributed by atoms with Gasteiger partial charge in [0.25, 0.3) is 6.43 Å². The van der Waals surface area contributed by atoms with E-state index in [1.54, 1.807) is 41.4 Å². The number of rotatable bonds is 12. The summed E-state index contributed by atoms with van der Waals surface area (Å²) in [6.07, 6.45) is -4.69. The molecule has 1 aliphatic carbocycles. The fourth-order valence-electron chi connectivity index (χ4n) is 8.16. The Kier molecular flexibility index (Phi) is 11.2. The minimum Gasteiger partial charge on any atom is -0.481 e. The van der Waals surface area contributed by atoms with Crippen LogP contribution < -0.4 is 15.4 Å². The van der Waals surface area contributed by atoms with Gasteiger partial charge in [-0.2, -0.15) is 18.2 Å². The second-order valence-corrected chi connectivity index (χ2v) is 15.3. The number of aliphatic carboxylic acids is 1. The number of nitrogens with zero attached hydrogens (tertiary/aromatic N) is 7. The SMILES string of the molecule is COc1nc(N[C@H]2CCc3c(-c4cccc(Nc5nc(C(F)F)nc6cc(CN7CC[C@@H](O)C7)cnc56)c4Cl)cccc32)c(C(F)(F)F)nc1CN1CC[C@@H](C(=O)O)C1. The molecule has 8 rings (SSSR count). The summed E-state index contributed by atoms with van der Waals surface area (Å²) in [5.74, 6) is -2.83. The number of aliphatic hydroxyl groups excluding tert-OH is 1. The molecule has 0 spiro atoms. The predicted octanol–water partition coefficient (Wildman–Crippen LogP) is 7.42. The first-order chi connectivity index (χ1) is 28.2. The molecule has 4 N–H and O–H groups in total. The molecule has 3 atom stereocenters. The van der Waals surface area contributed by atoms with Crippen LogP contribution in [0.1, 0.15) is 65.6 Å². The molecule has 3 aromatic heterocycles. The highest BCUT2D eigenvalue weighted by Gasteiger charge is 2.40. The van der Waals surface area contributed by atoms with Crippen molar-refractivity contribution < 1.29 is 41.7 Å². The van der Waals surface area contributed by atoms with Crippen molar-refractivity contribution in [2.75, 3.05) is 43.9 Å². The van der Waals surface area contributed by atoms with E-state index in [0.29, 0.717) is 63.1 Å². The lowest BCUT2D eigenvalue weighted by Gasteiger charge is -2.22. The normalized spacial score (nSPS) is 19.8. The molecule has 2 fully saturated rings. The number of alkyl halides is 5. The number of carbonyl (C=O) groups is 1. The number of aromatic nitrogens is 5. The van der Waals surface area contributed by atoms with Crippen molar-refractivity contribution in [3.8, 4) is 17.0 Å². The van der Waals surface area contributed by atoms with E-state index in [4.69, 9.17) is 16.3 Å². The summed E-state index contributed by atoms with van der Waals surface area (Å²) in [7, 11) is 1.29. The molecule has 59 heavy (non-hydrogen) atoms. The summed E-state index contributed by atoms with van der Waals surface area (Å²) < 4.78 is 77.1. The number of carboxylic acids is 1. The predicted molar refractivity (Wildman–Crippen MR) is 208 cm³/mol. The van der Waals surface area contributed by atoms with E-state index in [-0.39, 0.29) is 46.5 Å². The summed E-state index contributed by atoms with van der Waals surface area (Å²) in [4.78, 5) is 36.1. The van der Waals surface area contributed by atoms with E-state index in [2.05, 4.69) is 35.6 Å². The Morgan fingerprint density at radius 1 is 0.983 bits per heavy atom. The molecule has 0 unspecified atom stereocenters. The number of hydrogen-bond acceptors (Lipinski definition) is 12. The second-order valence-electron chi connectivity index (χ2n) is 15.0. The number of anilines is 3. The van der Waals surface area contributed by atoms with Gasteiger partial charge >= 0.3 is 12.1 Å². The Hall–Kier alpha value is -5.30. The maximum Gasteiger partial charge on any atom is 0.437 e. The zero-order valence-electron chi connectivity index (χ0n) is 31.6. The fourth-order valence-corrected chi connectivity index (χ4v) is 8.43. The van der Waals surface area contributed by atoms with Crippen molar-refractivity contribution in [3.05, 3.63) is 87.6 Å².